The molecule has 4 rings (SSSR count). The molecule has 27 heavy (non-hydrogen) atoms. The van der Waals surface area contributed by atoms with Crippen molar-refractivity contribution in [1.29, 1.82) is 0 Å². The predicted molar refractivity (Wildman–Crippen MR) is 97.2 cm³/mol. The highest BCUT2D eigenvalue weighted by Gasteiger charge is 2.12. The van der Waals surface area contributed by atoms with Crippen molar-refractivity contribution in [2.75, 3.05) is 7.05 Å². The molecule has 8 heteroatoms. The fourth-order valence-electron chi connectivity index (χ4n) is 2.78. The van der Waals surface area contributed by atoms with Crippen molar-refractivity contribution in [1.82, 2.24) is 25.1 Å². The number of hydrogen-bond donors (Lipinski definition) is 1. The molecule has 2 aromatic heterocycles. The van der Waals surface area contributed by atoms with Crippen molar-refractivity contribution in [2.24, 2.45) is 0 Å². The molecule has 0 radical (unpaired) electrons. The summed E-state index contributed by atoms with van der Waals surface area (Å²) in [7, 11) is 1.86. The van der Waals surface area contributed by atoms with Crippen LogP contribution in [0.4, 0.5) is 4.39 Å². The van der Waals surface area contributed by atoms with E-state index in [0.717, 1.165) is 0 Å². The van der Waals surface area contributed by atoms with Gasteiger partial charge < -0.3 is 9.40 Å². The summed E-state index contributed by atoms with van der Waals surface area (Å²) in [4.78, 5) is 21.3. The quantitative estimate of drug-likeness (QED) is 0.585. The van der Waals surface area contributed by atoms with Crippen molar-refractivity contribution in [3.05, 3.63) is 76.4 Å². The molecule has 0 amide bonds. The van der Waals surface area contributed by atoms with Crippen LogP contribution < -0.4 is 5.56 Å². The number of hydrogen-bond acceptors (Lipinski definition) is 6. The molecule has 0 saturated heterocycles. The zero-order chi connectivity index (χ0) is 18.8. The second kappa shape index (κ2) is 7.08. The van der Waals surface area contributed by atoms with Gasteiger partial charge in [0, 0.05) is 5.56 Å². The van der Waals surface area contributed by atoms with Crippen molar-refractivity contribution in [3.8, 4) is 11.5 Å². The maximum Gasteiger partial charge on any atom is 0.258 e. The van der Waals surface area contributed by atoms with Gasteiger partial charge in [-0.2, -0.15) is 0 Å². The molecule has 0 aliphatic heterocycles. The number of H-pyrrole nitrogens is 1. The summed E-state index contributed by atoms with van der Waals surface area (Å²) in [6, 6.07) is 13.0. The highest BCUT2D eigenvalue weighted by Crippen LogP contribution is 2.18. The lowest BCUT2D eigenvalue weighted by molar-refractivity contribution is 0.276. The highest BCUT2D eigenvalue weighted by molar-refractivity contribution is 5.77. The summed E-state index contributed by atoms with van der Waals surface area (Å²) in [5.74, 6) is 0.977. The van der Waals surface area contributed by atoms with Gasteiger partial charge >= 0.3 is 0 Å². The van der Waals surface area contributed by atoms with Crippen LogP contribution in [0, 0.1) is 5.82 Å². The van der Waals surface area contributed by atoms with Gasteiger partial charge in [0.2, 0.25) is 11.8 Å². The molecular weight excluding hydrogens is 349 g/mol. The molecule has 0 fully saturated rings. The highest BCUT2D eigenvalue weighted by atomic mass is 19.1. The van der Waals surface area contributed by atoms with Gasteiger partial charge in [-0.15, -0.1) is 10.2 Å². The number of aromatic amines is 1. The molecule has 7 nitrogen and oxygen atoms in total. The first-order valence-corrected chi connectivity index (χ1v) is 8.33. The SMILES string of the molecule is CN(Cc1nc2ccccc2c(=O)[nH]1)Cc1nnc(-c2ccc(F)cc2)o1. The van der Waals surface area contributed by atoms with Gasteiger partial charge in [-0.05, 0) is 43.4 Å². The molecule has 0 bridgehead atoms. The Kier molecular flexibility index (Phi) is 4.47. The first kappa shape index (κ1) is 17.0. The Morgan fingerprint density at radius 3 is 2.67 bits per heavy atom. The van der Waals surface area contributed by atoms with Crippen molar-refractivity contribution in [3.63, 3.8) is 0 Å². The lowest BCUT2D eigenvalue weighted by Gasteiger charge is -2.13. The maximum atomic E-state index is 13.0. The van der Waals surface area contributed by atoms with E-state index in [1.807, 2.05) is 18.0 Å². The number of para-hydroxylation sites is 1. The third kappa shape index (κ3) is 3.75. The second-order valence-electron chi connectivity index (χ2n) is 6.21. The van der Waals surface area contributed by atoms with Gasteiger partial charge in [-0.3, -0.25) is 9.69 Å². The van der Waals surface area contributed by atoms with E-state index in [2.05, 4.69) is 20.2 Å². The van der Waals surface area contributed by atoms with Crippen LogP contribution in [0.5, 0.6) is 0 Å². The van der Waals surface area contributed by atoms with Crippen LogP contribution >= 0.6 is 0 Å². The predicted octanol–water partition coefficient (Wildman–Crippen LogP) is 2.74. The fraction of sp³-hybridized carbons (Fsp3) is 0.158. The van der Waals surface area contributed by atoms with Crippen molar-refractivity contribution < 1.29 is 8.81 Å². The number of aromatic nitrogens is 4. The minimum absolute atomic E-state index is 0.166. The van der Waals surface area contributed by atoms with Gasteiger partial charge in [0.1, 0.15) is 11.6 Å². The Balaban J connectivity index is 1.48. The molecule has 0 spiro atoms. The molecule has 0 aliphatic carbocycles. The molecule has 1 N–H and O–H groups in total. The van der Waals surface area contributed by atoms with Gasteiger partial charge in [0.05, 0.1) is 24.0 Å². The Morgan fingerprint density at radius 1 is 1.07 bits per heavy atom. The van der Waals surface area contributed by atoms with Gasteiger partial charge in [-0.1, -0.05) is 12.1 Å². The number of benzene rings is 2. The Hall–Kier alpha value is -3.39. The molecule has 0 saturated carbocycles. The zero-order valence-electron chi connectivity index (χ0n) is 14.5. The minimum atomic E-state index is -0.324. The summed E-state index contributed by atoms with van der Waals surface area (Å²) in [5.41, 5.74) is 1.14. The Bertz CT molecular complexity index is 1140. The zero-order valence-corrected chi connectivity index (χ0v) is 14.5. The molecule has 0 aliphatic rings. The van der Waals surface area contributed by atoms with Crippen LogP contribution in [0.1, 0.15) is 11.7 Å². The number of fused-ring (bicyclic) bond motifs is 1. The smallest absolute Gasteiger partial charge is 0.258 e. The average Bonchev–Trinajstić information content (AvgIpc) is 3.10. The van der Waals surface area contributed by atoms with E-state index in [0.29, 0.717) is 47.2 Å². The minimum Gasteiger partial charge on any atom is -0.419 e. The van der Waals surface area contributed by atoms with Crippen LogP contribution in [-0.4, -0.2) is 32.1 Å². The van der Waals surface area contributed by atoms with Crippen LogP contribution in [0.25, 0.3) is 22.4 Å². The third-order valence-electron chi connectivity index (χ3n) is 4.04. The van der Waals surface area contributed by atoms with Crippen molar-refractivity contribution >= 4 is 10.9 Å². The van der Waals surface area contributed by atoms with Crippen LogP contribution in [-0.2, 0) is 13.1 Å². The number of nitrogens with zero attached hydrogens (tertiary/aromatic N) is 4. The van der Waals surface area contributed by atoms with Crippen LogP contribution in [0.2, 0.25) is 0 Å². The van der Waals surface area contributed by atoms with Gasteiger partial charge in [0.25, 0.3) is 5.56 Å². The van der Waals surface area contributed by atoms with Crippen molar-refractivity contribution in [2.45, 2.75) is 13.1 Å². The average molecular weight is 365 g/mol. The maximum absolute atomic E-state index is 13.0. The summed E-state index contributed by atoms with van der Waals surface area (Å²) in [5, 5.41) is 8.57. The lowest BCUT2D eigenvalue weighted by Crippen LogP contribution is -2.22. The molecular formula is C19H16FN5O2. The van der Waals surface area contributed by atoms with Crippen LogP contribution in [0.15, 0.2) is 57.7 Å². The van der Waals surface area contributed by atoms with E-state index < -0.39 is 0 Å². The topological polar surface area (TPSA) is 87.9 Å². The summed E-state index contributed by atoms with van der Waals surface area (Å²) in [6.45, 7) is 0.791. The first-order valence-electron chi connectivity index (χ1n) is 8.33. The number of halogens is 1. The lowest BCUT2D eigenvalue weighted by atomic mass is 10.2. The molecule has 2 heterocycles. The largest absolute Gasteiger partial charge is 0.419 e. The third-order valence-corrected chi connectivity index (χ3v) is 4.04. The molecule has 2 aromatic carbocycles. The molecule has 0 atom stereocenters. The fourth-order valence-corrected chi connectivity index (χ4v) is 2.78. The monoisotopic (exact) mass is 365 g/mol. The summed E-state index contributed by atoms with van der Waals surface area (Å²) >= 11 is 0. The second-order valence-corrected chi connectivity index (χ2v) is 6.21. The summed E-state index contributed by atoms with van der Waals surface area (Å²) in [6.07, 6.45) is 0. The first-order chi connectivity index (χ1) is 13.1. The normalized spacial score (nSPS) is 11.4. The van der Waals surface area contributed by atoms with E-state index in [4.69, 9.17) is 4.42 Å². The van der Waals surface area contributed by atoms with E-state index in [1.54, 1.807) is 30.3 Å². The van der Waals surface area contributed by atoms with E-state index >= 15 is 0 Å². The Morgan fingerprint density at radius 2 is 1.85 bits per heavy atom. The molecule has 0 unspecified atom stereocenters. The number of nitrogens with one attached hydrogen (secondary N) is 1. The van der Waals surface area contributed by atoms with Gasteiger partial charge in [-0.25, -0.2) is 9.37 Å². The van der Waals surface area contributed by atoms with E-state index in [-0.39, 0.29) is 11.4 Å². The van der Waals surface area contributed by atoms with E-state index in [9.17, 15) is 9.18 Å². The molecule has 136 valence electrons. The van der Waals surface area contributed by atoms with Crippen LogP contribution in [0.3, 0.4) is 0 Å². The number of rotatable bonds is 5. The standard InChI is InChI=1S/C19H16FN5O2/c1-25(10-16-21-15-5-3-2-4-14(15)18(26)22-16)11-17-23-24-19(27-17)12-6-8-13(20)9-7-12/h2-9H,10-11H2,1H3,(H,21,22,26). The summed E-state index contributed by atoms with van der Waals surface area (Å²) < 4.78 is 18.6. The van der Waals surface area contributed by atoms with Gasteiger partial charge in [0.15, 0.2) is 0 Å². The van der Waals surface area contributed by atoms with E-state index in [1.165, 1.54) is 12.1 Å². The molecule has 4 aromatic rings. The Labute approximate surface area is 153 Å².